The van der Waals surface area contributed by atoms with Gasteiger partial charge in [-0.25, -0.2) is 4.39 Å². The Balaban J connectivity index is 1.44. The number of hydrogen-bond donors (Lipinski definition) is 2. The second-order valence-corrected chi connectivity index (χ2v) is 6.77. The fraction of sp³-hybridized carbons (Fsp3) is 0.526. The Labute approximate surface area is 163 Å². The topological polar surface area (TPSA) is 86.3 Å². The van der Waals surface area contributed by atoms with Gasteiger partial charge in [-0.15, -0.1) is 0 Å². The molecule has 3 rings (SSSR count). The van der Waals surface area contributed by atoms with Gasteiger partial charge in [0.2, 0.25) is 5.91 Å². The Morgan fingerprint density at radius 2 is 2.00 bits per heavy atom. The third kappa shape index (κ3) is 5.19. The number of halogens is 1. The van der Waals surface area contributed by atoms with E-state index in [9.17, 15) is 14.0 Å². The Hall–Kier alpha value is -2.68. The molecule has 0 aliphatic carbocycles. The monoisotopic (exact) mass is 391 g/mol. The van der Waals surface area contributed by atoms with Crippen LogP contribution in [-0.2, 0) is 14.3 Å². The Morgan fingerprint density at radius 3 is 2.64 bits per heavy atom. The first kappa shape index (κ1) is 20.1. The van der Waals surface area contributed by atoms with Gasteiger partial charge in [0.15, 0.2) is 5.96 Å². The summed E-state index contributed by atoms with van der Waals surface area (Å²) < 4.78 is 18.7. The van der Waals surface area contributed by atoms with Crippen LogP contribution in [0.25, 0.3) is 0 Å². The van der Waals surface area contributed by atoms with Crippen LogP contribution >= 0.6 is 0 Å². The number of carbonyl (C=O) groups excluding carboxylic acids is 2. The summed E-state index contributed by atoms with van der Waals surface area (Å²) in [6.45, 7) is 3.11. The summed E-state index contributed by atoms with van der Waals surface area (Å²) in [4.78, 5) is 32.5. The smallest absolute Gasteiger partial charge is 0.251 e. The van der Waals surface area contributed by atoms with Gasteiger partial charge in [-0.1, -0.05) is 6.07 Å². The third-order valence-electron chi connectivity index (χ3n) is 4.82. The summed E-state index contributed by atoms with van der Waals surface area (Å²) in [5, 5.41) is 5.65. The van der Waals surface area contributed by atoms with Gasteiger partial charge in [-0.05, 0) is 31.0 Å². The molecule has 2 aliphatic heterocycles. The Morgan fingerprint density at radius 1 is 1.25 bits per heavy atom. The largest absolute Gasteiger partial charge is 0.368 e. The SMILES string of the molecule is CN=C(NCC(=O)Nc1cccc(F)c1)N1CCN(C(=O)C2CCCO2)CC1. The fourth-order valence-corrected chi connectivity index (χ4v) is 3.38. The van der Waals surface area contributed by atoms with Crippen molar-refractivity contribution in [3.05, 3.63) is 30.1 Å². The van der Waals surface area contributed by atoms with Crippen molar-refractivity contribution in [1.29, 1.82) is 0 Å². The maximum Gasteiger partial charge on any atom is 0.251 e. The molecule has 2 aliphatic rings. The summed E-state index contributed by atoms with van der Waals surface area (Å²) >= 11 is 0. The summed E-state index contributed by atoms with van der Waals surface area (Å²) in [6, 6.07) is 5.74. The third-order valence-corrected chi connectivity index (χ3v) is 4.82. The molecular weight excluding hydrogens is 365 g/mol. The first-order chi connectivity index (χ1) is 13.6. The van der Waals surface area contributed by atoms with Gasteiger partial charge < -0.3 is 25.2 Å². The minimum absolute atomic E-state index is 0.0121. The van der Waals surface area contributed by atoms with Crippen molar-refractivity contribution in [1.82, 2.24) is 15.1 Å². The number of aliphatic imine (C=N–C) groups is 1. The normalized spacial score (nSPS) is 20.2. The van der Waals surface area contributed by atoms with Gasteiger partial charge in [-0.3, -0.25) is 14.6 Å². The molecular formula is C19H26FN5O3. The van der Waals surface area contributed by atoms with E-state index in [1.54, 1.807) is 13.1 Å². The predicted octanol–water partition coefficient (Wildman–Crippen LogP) is 0.663. The van der Waals surface area contributed by atoms with Gasteiger partial charge in [0.05, 0.1) is 6.54 Å². The molecule has 9 heteroatoms. The van der Waals surface area contributed by atoms with E-state index in [0.717, 1.165) is 12.8 Å². The molecule has 0 saturated carbocycles. The van der Waals surface area contributed by atoms with Crippen molar-refractivity contribution in [2.75, 3.05) is 51.7 Å². The number of anilines is 1. The molecule has 0 aromatic heterocycles. The number of guanidine groups is 1. The lowest BCUT2D eigenvalue weighted by atomic mass is 10.2. The summed E-state index contributed by atoms with van der Waals surface area (Å²) in [7, 11) is 1.65. The fourth-order valence-electron chi connectivity index (χ4n) is 3.38. The number of ether oxygens (including phenoxy) is 1. The zero-order chi connectivity index (χ0) is 19.9. The molecule has 2 N–H and O–H groups in total. The van der Waals surface area contributed by atoms with Crippen molar-refractivity contribution < 1.29 is 18.7 Å². The zero-order valence-electron chi connectivity index (χ0n) is 16.0. The summed E-state index contributed by atoms with van der Waals surface area (Å²) in [6.07, 6.45) is 1.43. The van der Waals surface area contributed by atoms with Crippen LogP contribution in [0.1, 0.15) is 12.8 Å². The molecule has 2 fully saturated rings. The van der Waals surface area contributed by atoms with Gasteiger partial charge >= 0.3 is 0 Å². The average Bonchev–Trinajstić information content (AvgIpc) is 3.23. The highest BCUT2D eigenvalue weighted by molar-refractivity contribution is 5.95. The lowest BCUT2D eigenvalue weighted by Gasteiger charge is -2.37. The molecule has 1 atom stereocenters. The molecule has 28 heavy (non-hydrogen) atoms. The number of nitrogens with one attached hydrogen (secondary N) is 2. The molecule has 0 spiro atoms. The van der Waals surface area contributed by atoms with Crippen LogP contribution in [-0.4, -0.2) is 80.1 Å². The maximum absolute atomic E-state index is 13.2. The molecule has 2 amide bonds. The maximum atomic E-state index is 13.2. The van der Waals surface area contributed by atoms with E-state index < -0.39 is 5.82 Å². The molecule has 2 heterocycles. The van der Waals surface area contributed by atoms with Gasteiger partial charge in [0.25, 0.3) is 5.91 Å². The van der Waals surface area contributed by atoms with Crippen LogP contribution in [0, 0.1) is 5.82 Å². The molecule has 2 saturated heterocycles. The Kier molecular flexibility index (Phi) is 6.80. The molecule has 1 aromatic carbocycles. The van der Waals surface area contributed by atoms with Crippen LogP contribution in [0.3, 0.4) is 0 Å². The highest BCUT2D eigenvalue weighted by Crippen LogP contribution is 2.16. The molecule has 8 nitrogen and oxygen atoms in total. The second kappa shape index (κ2) is 9.50. The molecule has 1 aromatic rings. The van der Waals surface area contributed by atoms with Gasteiger partial charge in [-0.2, -0.15) is 0 Å². The summed E-state index contributed by atoms with van der Waals surface area (Å²) in [5.41, 5.74) is 0.406. The van der Waals surface area contributed by atoms with Crippen LogP contribution in [0.5, 0.6) is 0 Å². The molecule has 1 unspecified atom stereocenters. The number of piperazine rings is 1. The number of nitrogens with zero attached hydrogens (tertiary/aromatic N) is 3. The minimum atomic E-state index is -0.406. The number of rotatable bonds is 4. The van der Waals surface area contributed by atoms with E-state index >= 15 is 0 Å². The lowest BCUT2D eigenvalue weighted by Crippen LogP contribution is -2.55. The molecule has 0 bridgehead atoms. The highest BCUT2D eigenvalue weighted by Gasteiger charge is 2.30. The predicted molar refractivity (Wildman–Crippen MR) is 104 cm³/mol. The van der Waals surface area contributed by atoms with E-state index in [1.807, 2.05) is 9.80 Å². The summed E-state index contributed by atoms with van der Waals surface area (Å²) in [5.74, 6) is -0.0379. The zero-order valence-corrected chi connectivity index (χ0v) is 16.0. The second-order valence-electron chi connectivity index (χ2n) is 6.77. The van der Waals surface area contributed by atoms with Crippen molar-refractivity contribution >= 4 is 23.5 Å². The van der Waals surface area contributed by atoms with E-state index in [4.69, 9.17) is 4.74 Å². The van der Waals surface area contributed by atoms with E-state index in [-0.39, 0.29) is 24.5 Å². The van der Waals surface area contributed by atoms with Gasteiger partial charge in [0, 0.05) is 45.5 Å². The van der Waals surface area contributed by atoms with Crippen LogP contribution in [0.15, 0.2) is 29.3 Å². The Bertz CT molecular complexity index is 728. The number of carbonyl (C=O) groups is 2. The van der Waals surface area contributed by atoms with E-state index in [0.29, 0.717) is 44.4 Å². The number of benzene rings is 1. The first-order valence-electron chi connectivity index (χ1n) is 9.48. The van der Waals surface area contributed by atoms with Crippen LogP contribution in [0.2, 0.25) is 0 Å². The average molecular weight is 391 g/mol. The van der Waals surface area contributed by atoms with E-state index in [1.165, 1.54) is 18.2 Å². The first-order valence-corrected chi connectivity index (χ1v) is 9.48. The number of amides is 2. The van der Waals surface area contributed by atoms with Crippen LogP contribution < -0.4 is 10.6 Å². The van der Waals surface area contributed by atoms with Crippen molar-refractivity contribution in [2.24, 2.45) is 4.99 Å². The highest BCUT2D eigenvalue weighted by atomic mass is 19.1. The quantitative estimate of drug-likeness (QED) is 0.582. The molecule has 0 radical (unpaired) electrons. The molecule has 152 valence electrons. The van der Waals surface area contributed by atoms with Gasteiger partial charge in [0.1, 0.15) is 11.9 Å². The lowest BCUT2D eigenvalue weighted by molar-refractivity contribution is -0.142. The van der Waals surface area contributed by atoms with E-state index in [2.05, 4.69) is 15.6 Å². The standard InChI is InChI=1S/C19H26FN5O3/c1-21-19(22-13-17(26)23-15-5-2-4-14(20)12-15)25-9-7-24(8-10-25)18(27)16-6-3-11-28-16/h2,4-5,12,16H,3,6-11,13H2,1H3,(H,21,22)(H,23,26). The van der Waals surface area contributed by atoms with Crippen molar-refractivity contribution in [3.8, 4) is 0 Å². The minimum Gasteiger partial charge on any atom is -0.368 e. The van der Waals surface area contributed by atoms with Crippen LogP contribution in [0.4, 0.5) is 10.1 Å². The van der Waals surface area contributed by atoms with Crippen molar-refractivity contribution in [2.45, 2.75) is 18.9 Å². The van der Waals surface area contributed by atoms with Crippen molar-refractivity contribution in [3.63, 3.8) is 0 Å². The number of hydrogen-bond acceptors (Lipinski definition) is 4.